The van der Waals surface area contributed by atoms with Gasteiger partial charge in [-0.1, -0.05) is 51.1 Å². The lowest BCUT2D eigenvalue weighted by Gasteiger charge is -2.27. The van der Waals surface area contributed by atoms with Crippen LogP contribution in [0.15, 0.2) is 48.5 Å². The van der Waals surface area contributed by atoms with Crippen molar-refractivity contribution in [3.8, 4) is 0 Å². The van der Waals surface area contributed by atoms with E-state index >= 15 is 0 Å². The minimum atomic E-state index is -0.858. The summed E-state index contributed by atoms with van der Waals surface area (Å²) < 4.78 is 0. The zero-order valence-corrected chi connectivity index (χ0v) is 18.0. The highest BCUT2D eigenvalue weighted by Crippen LogP contribution is 2.31. The quantitative estimate of drug-likeness (QED) is 0.720. The van der Waals surface area contributed by atoms with Gasteiger partial charge in [0.15, 0.2) is 0 Å². The first kappa shape index (κ1) is 21.1. The first-order valence-electron chi connectivity index (χ1n) is 9.62. The molecule has 3 amide bonds. The molecule has 0 aromatic heterocycles. The Morgan fingerprint density at radius 2 is 1.55 bits per heavy atom. The lowest BCUT2D eigenvalue weighted by molar-refractivity contribution is -0.120. The number of benzene rings is 2. The molecule has 1 aliphatic rings. The summed E-state index contributed by atoms with van der Waals surface area (Å²) in [7, 11) is 0. The van der Waals surface area contributed by atoms with Crippen LogP contribution < -0.4 is 5.32 Å². The van der Waals surface area contributed by atoms with Gasteiger partial charge >= 0.3 is 0 Å². The zero-order chi connectivity index (χ0) is 21.2. The minimum absolute atomic E-state index is 0.159. The standard InChI is InChI=1S/C23H26N2O3S/c1-23(2,3)17-11-7-8-12-18(17)24-20(26)19(13-14-29-4)25-21(27)15-9-5-6-10-16(15)22(25)28/h5-12,19H,13-14H2,1-4H3,(H,24,26)/t19-/m1/s1. The Bertz CT molecular complexity index is 914. The van der Waals surface area contributed by atoms with Crippen LogP contribution in [0.1, 0.15) is 53.5 Å². The number of para-hydroxylation sites is 1. The Labute approximate surface area is 175 Å². The van der Waals surface area contributed by atoms with Crippen molar-refractivity contribution < 1.29 is 14.4 Å². The molecule has 1 atom stereocenters. The number of carbonyl (C=O) groups is 3. The number of hydrogen-bond acceptors (Lipinski definition) is 4. The van der Waals surface area contributed by atoms with Gasteiger partial charge in [-0.3, -0.25) is 19.3 Å². The van der Waals surface area contributed by atoms with Crippen LogP contribution >= 0.6 is 11.8 Å². The highest BCUT2D eigenvalue weighted by atomic mass is 32.2. The molecule has 1 N–H and O–H groups in total. The minimum Gasteiger partial charge on any atom is -0.324 e. The van der Waals surface area contributed by atoms with Gasteiger partial charge in [0, 0.05) is 5.69 Å². The topological polar surface area (TPSA) is 66.5 Å². The van der Waals surface area contributed by atoms with Crippen molar-refractivity contribution in [3.63, 3.8) is 0 Å². The Kier molecular flexibility index (Phi) is 6.13. The molecule has 1 aliphatic heterocycles. The number of nitrogens with one attached hydrogen (secondary N) is 1. The highest BCUT2D eigenvalue weighted by molar-refractivity contribution is 7.98. The van der Waals surface area contributed by atoms with Crippen LogP contribution in [0.4, 0.5) is 5.69 Å². The van der Waals surface area contributed by atoms with E-state index in [4.69, 9.17) is 0 Å². The maximum atomic E-state index is 13.3. The molecule has 6 heteroatoms. The van der Waals surface area contributed by atoms with E-state index in [1.165, 1.54) is 0 Å². The Hall–Kier alpha value is -2.60. The summed E-state index contributed by atoms with van der Waals surface area (Å²) >= 11 is 1.58. The van der Waals surface area contributed by atoms with Gasteiger partial charge in [0.25, 0.3) is 11.8 Å². The van der Waals surface area contributed by atoms with E-state index < -0.39 is 17.9 Å². The number of amides is 3. The predicted molar refractivity (Wildman–Crippen MR) is 118 cm³/mol. The molecule has 0 spiro atoms. The molecule has 0 aliphatic carbocycles. The number of anilines is 1. The van der Waals surface area contributed by atoms with Gasteiger partial charge < -0.3 is 5.32 Å². The molecule has 29 heavy (non-hydrogen) atoms. The van der Waals surface area contributed by atoms with Gasteiger partial charge in [0.1, 0.15) is 6.04 Å². The Morgan fingerprint density at radius 1 is 1.00 bits per heavy atom. The molecule has 152 valence electrons. The van der Waals surface area contributed by atoms with Gasteiger partial charge in [-0.05, 0) is 47.6 Å². The van der Waals surface area contributed by atoms with Gasteiger partial charge in [-0.2, -0.15) is 11.8 Å². The summed E-state index contributed by atoms with van der Waals surface area (Å²) in [5.74, 6) is -0.496. The smallest absolute Gasteiger partial charge is 0.262 e. The Balaban J connectivity index is 1.92. The SMILES string of the molecule is CSCC[C@H](C(=O)Nc1ccccc1C(C)(C)C)N1C(=O)c2ccccc2C1=O. The van der Waals surface area contributed by atoms with Crippen LogP contribution in [-0.4, -0.2) is 40.7 Å². The average Bonchev–Trinajstić information content (AvgIpc) is 2.93. The summed E-state index contributed by atoms with van der Waals surface area (Å²) in [6.07, 6.45) is 2.34. The van der Waals surface area contributed by atoms with Gasteiger partial charge in [0.05, 0.1) is 11.1 Å². The number of fused-ring (bicyclic) bond motifs is 1. The van der Waals surface area contributed by atoms with Crippen molar-refractivity contribution in [3.05, 3.63) is 65.2 Å². The normalized spacial score (nSPS) is 14.7. The fraction of sp³-hybridized carbons (Fsp3) is 0.348. The monoisotopic (exact) mass is 410 g/mol. The van der Waals surface area contributed by atoms with Gasteiger partial charge in [-0.25, -0.2) is 0 Å². The van der Waals surface area contributed by atoms with Crippen LogP contribution in [0.5, 0.6) is 0 Å². The first-order valence-corrected chi connectivity index (χ1v) is 11.0. The summed E-state index contributed by atoms with van der Waals surface area (Å²) in [5, 5.41) is 2.98. The number of carbonyl (C=O) groups excluding carboxylic acids is 3. The van der Waals surface area contributed by atoms with Crippen molar-refractivity contribution >= 4 is 35.2 Å². The average molecular weight is 411 g/mol. The van der Waals surface area contributed by atoms with E-state index in [0.29, 0.717) is 29.0 Å². The van der Waals surface area contributed by atoms with E-state index in [-0.39, 0.29) is 11.3 Å². The predicted octanol–water partition coefficient (Wildman–Crippen LogP) is 4.34. The largest absolute Gasteiger partial charge is 0.324 e. The van der Waals surface area contributed by atoms with E-state index in [0.717, 1.165) is 10.5 Å². The third-order valence-electron chi connectivity index (χ3n) is 5.03. The van der Waals surface area contributed by atoms with Crippen molar-refractivity contribution in [1.29, 1.82) is 0 Å². The number of hydrogen-bond donors (Lipinski definition) is 1. The van der Waals surface area contributed by atoms with Gasteiger partial charge in [-0.15, -0.1) is 0 Å². The summed E-state index contributed by atoms with van der Waals surface area (Å²) in [5.41, 5.74) is 2.26. The third-order valence-corrected chi connectivity index (χ3v) is 5.67. The first-order chi connectivity index (χ1) is 13.8. The Morgan fingerprint density at radius 3 is 2.10 bits per heavy atom. The van der Waals surface area contributed by atoms with E-state index in [1.807, 2.05) is 30.5 Å². The molecular weight excluding hydrogens is 384 g/mol. The molecule has 2 aromatic rings. The zero-order valence-electron chi connectivity index (χ0n) is 17.2. The summed E-state index contributed by atoms with van der Waals surface area (Å²) in [4.78, 5) is 40.2. The van der Waals surface area contributed by atoms with Crippen LogP contribution in [0.25, 0.3) is 0 Å². The second-order valence-electron chi connectivity index (χ2n) is 8.11. The van der Waals surface area contributed by atoms with Crippen LogP contribution in [0.2, 0.25) is 0 Å². The fourth-order valence-electron chi connectivity index (χ4n) is 3.56. The fourth-order valence-corrected chi connectivity index (χ4v) is 4.02. The highest BCUT2D eigenvalue weighted by Gasteiger charge is 2.42. The molecule has 5 nitrogen and oxygen atoms in total. The lowest BCUT2D eigenvalue weighted by atomic mass is 9.86. The molecule has 0 saturated heterocycles. The lowest BCUT2D eigenvalue weighted by Crippen LogP contribution is -2.47. The van der Waals surface area contributed by atoms with E-state index in [2.05, 4.69) is 26.1 Å². The maximum Gasteiger partial charge on any atom is 0.262 e. The number of rotatable bonds is 6. The molecule has 0 bridgehead atoms. The van der Waals surface area contributed by atoms with Crippen molar-refractivity contribution in [2.75, 3.05) is 17.3 Å². The molecule has 0 unspecified atom stereocenters. The molecule has 1 heterocycles. The number of thioether (sulfide) groups is 1. The van der Waals surface area contributed by atoms with Gasteiger partial charge in [0.2, 0.25) is 5.91 Å². The van der Waals surface area contributed by atoms with Crippen molar-refractivity contribution in [2.45, 2.75) is 38.6 Å². The summed E-state index contributed by atoms with van der Waals surface area (Å²) in [6, 6.07) is 13.5. The van der Waals surface area contributed by atoms with Crippen LogP contribution in [-0.2, 0) is 10.2 Å². The number of imide groups is 1. The molecule has 0 fully saturated rings. The van der Waals surface area contributed by atoms with Crippen LogP contribution in [0.3, 0.4) is 0 Å². The molecule has 0 saturated carbocycles. The molecular formula is C23H26N2O3S. The number of nitrogens with zero attached hydrogens (tertiary/aromatic N) is 1. The van der Waals surface area contributed by atoms with Crippen molar-refractivity contribution in [1.82, 2.24) is 4.90 Å². The second-order valence-corrected chi connectivity index (χ2v) is 9.09. The second kappa shape index (κ2) is 8.41. The van der Waals surface area contributed by atoms with Crippen LogP contribution in [0, 0.1) is 0 Å². The summed E-state index contributed by atoms with van der Waals surface area (Å²) in [6.45, 7) is 6.23. The maximum absolute atomic E-state index is 13.3. The molecule has 2 aromatic carbocycles. The molecule has 0 radical (unpaired) electrons. The molecule has 3 rings (SSSR count). The van der Waals surface area contributed by atoms with Crippen molar-refractivity contribution in [2.24, 2.45) is 0 Å². The third kappa shape index (κ3) is 4.22. The van der Waals surface area contributed by atoms with E-state index in [9.17, 15) is 14.4 Å². The van der Waals surface area contributed by atoms with E-state index in [1.54, 1.807) is 36.0 Å².